The van der Waals surface area contributed by atoms with Crippen molar-refractivity contribution in [2.24, 2.45) is 0 Å². The molecule has 8 heteroatoms. The van der Waals surface area contributed by atoms with Crippen molar-refractivity contribution in [3.63, 3.8) is 0 Å². The number of aryl methyl sites for hydroxylation is 1. The van der Waals surface area contributed by atoms with Gasteiger partial charge in [0.05, 0.1) is 23.5 Å². The van der Waals surface area contributed by atoms with E-state index in [1.54, 1.807) is 29.7 Å². The SMILES string of the molecule is COc1ccc2nc(C(C)Cl)n(CCSC(F)(F)F)c2c1. The highest BCUT2D eigenvalue weighted by molar-refractivity contribution is 8.00. The van der Waals surface area contributed by atoms with E-state index in [1.807, 2.05) is 0 Å². The minimum Gasteiger partial charge on any atom is -0.497 e. The van der Waals surface area contributed by atoms with Gasteiger partial charge in [-0.1, -0.05) is 0 Å². The van der Waals surface area contributed by atoms with Crippen LogP contribution >= 0.6 is 23.4 Å². The van der Waals surface area contributed by atoms with Crippen LogP contribution in [0, 0.1) is 0 Å². The van der Waals surface area contributed by atoms with Gasteiger partial charge in [-0.3, -0.25) is 0 Å². The highest BCUT2D eigenvalue weighted by atomic mass is 35.5. The van der Waals surface area contributed by atoms with Crippen molar-refractivity contribution >= 4 is 34.4 Å². The molecule has 0 aliphatic rings. The van der Waals surface area contributed by atoms with Gasteiger partial charge in [0.15, 0.2) is 0 Å². The minimum absolute atomic E-state index is 0.0522. The average molecular weight is 339 g/mol. The minimum atomic E-state index is -4.24. The first-order chi connectivity index (χ1) is 9.81. The number of benzene rings is 1. The van der Waals surface area contributed by atoms with Crippen LogP contribution in [0.3, 0.4) is 0 Å². The molecule has 1 atom stereocenters. The van der Waals surface area contributed by atoms with Gasteiger partial charge in [0.2, 0.25) is 0 Å². The van der Waals surface area contributed by atoms with Crippen LogP contribution in [0.5, 0.6) is 5.75 Å². The van der Waals surface area contributed by atoms with Crippen LogP contribution in [-0.2, 0) is 6.54 Å². The van der Waals surface area contributed by atoms with E-state index in [-0.39, 0.29) is 29.4 Å². The van der Waals surface area contributed by atoms with Crippen molar-refractivity contribution in [2.45, 2.75) is 24.4 Å². The van der Waals surface area contributed by atoms with Gasteiger partial charge >= 0.3 is 5.51 Å². The molecule has 0 bridgehead atoms. The second-order valence-electron chi connectivity index (χ2n) is 4.39. The third kappa shape index (κ3) is 3.97. The van der Waals surface area contributed by atoms with Gasteiger partial charge in [0.25, 0.3) is 0 Å². The number of thioether (sulfide) groups is 1. The van der Waals surface area contributed by atoms with Crippen LogP contribution in [0.15, 0.2) is 18.2 Å². The maximum absolute atomic E-state index is 12.3. The fourth-order valence-electron chi connectivity index (χ4n) is 2.04. The van der Waals surface area contributed by atoms with E-state index in [4.69, 9.17) is 16.3 Å². The Bertz CT molecular complexity index is 628. The van der Waals surface area contributed by atoms with Gasteiger partial charge in [-0.15, -0.1) is 11.6 Å². The summed E-state index contributed by atoms with van der Waals surface area (Å²) in [6.45, 7) is 1.92. The van der Waals surface area contributed by atoms with E-state index in [1.165, 1.54) is 7.11 Å². The van der Waals surface area contributed by atoms with E-state index in [9.17, 15) is 13.2 Å². The Morgan fingerprint density at radius 1 is 1.43 bits per heavy atom. The van der Waals surface area contributed by atoms with E-state index < -0.39 is 5.51 Å². The fourth-order valence-corrected chi connectivity index (χ4v) is 2.71. The predicted octanol–water partition coefficient (Wildman–Crippen LogP) is 4.60. The van der Waals surface area contributed by atoms with Gasteiger partial charge in [0, 0.05) is 18.4 Å². The lowest BCUT2D eigenvalue weighted by molar-refractivity contribution is -0.0328. The zero-order valence-electron chi connectivity index (χ0n) is 11.4. The van der Waals surface area contributed by atoms with Crippen molar-refractivity contribution in [3.05, 3.63) is 24.0 Å². The van der Waals surface area contributed by atoms with E-state index in [2.05, 4.69) is 4.98 Å². The smallest absolute Gasteiger partial charge is 0.441 e. The number of ether oxygens (including phenoxy) is 1. The number of alkyl halides is 4. The average Bonchev–Trinajstić information content (AvgIpc) is 2.75. The molecule has 0 amide bonds. The maximum atomic E-state index is 12.3. The first kappa shape index (κ1) is 16.3. The Morgan fingerprint density at radius 3 is 2.71 bits per heavy atom. The lowest BCUT2D eigenvalue weighted by Crippen LogP contribution is -2.10. The summed E-state index contributed by atoms with van der Waals surface area (Å²) in [5, 5.41) is -0.390. The molecule has 1 heterocycles. The molecule has 0 saturated heterocycles. The van der Waals surface area contributed by atoms with Gasteiger partial charge in [-0.2, -0.15) is 13.2 Å². The molecule has 21 heavy (non-hydrogen) atoms. The van der Waals surface area contributed by atoms with Gasteiger partial charge in [-0.05, 0) is 30.8 Å². The Morgan fingerprint density at radius 2 is 2.14 bits per heavy atom. The maximum Gasteiger partial charge on any atom is 0.441 e. The normalized spacial score (nSPS) is 13.6. The molecule has 1 unspecified atom stereocenters. The lowest BCUT2D eigenvalue weighted by Gasteiger charge is -2.11. The third-order valence-corrected chi connectivity index (χ3v) is 3.83. The summed E-state index contributed by atoms with van der Waals surface area (Å²) < 4.78 is 43.7. The van der Waals surface area contributed by atoms with Crippen molar-refractivity contribution in [2.75, 3.05) is 12.9 Å². The number of hydrogen-bond donors (Lipinski definition) is 0. The highest BCUT2D eigenvalue weighted by Gasteiger charge is 2.28. The second-order valence-corrected chi connectivity index (χ2v) is 6.20. The fraction of sp³-hybridized carbons (Fsp3) is 0.462. The van der Waals surface area contributed by atoms with E-state index in [0.717, 1.165) is 5.52 Å². The van der Waals surface area contributed by atoms with E-state index >= 15 is 0 Å². The summed E-state index contributed by atoms with van der Waals surface area (Å²) in [7, 11) is 1.53. The lowest BCUT2D eigenvalue weighted by atomic mass is 10.3. The number of nitrogens with zero attached hydrogens (tertiary/aromatic N) is 2. The standard InChI is InChI=1S/C13H14ClF3N2OS/c1-8(14)12-18-10-4-3-9(20-2)7-11(10)19(12)5-6-21-13(15,16)17/h3-4,7-8H,5-6H2,1-2H3. The summed E-state index contributed by atoms with van der Waals surface area (Å²) >= 11 is 6.03. The topological polar surface area (TPSA) is 27.1 Å². The Labute approximate surface area is 129 Å². The molecule has 0 N–H and O–H groups in total. The molecule has 116 valence electrons. The molecule has 2 rings (SSSR count). The Kier molecular flexibility index (Phi) is 4.93. The molecule has 0 saturated carbocycles. The molecular formula is C13H14ClF3N2OS. The zero-order valence-corrected chi connectivity index (χ0v) is 13.0. The molecule has 0 fully saturated rings. The first-order valence-corrected chi connectivity index (χ1v) is 7.63. The number of imidazole rings is 1. The number of halogens is 4. The number of methoxy groups -OCH3 is 1. The summed E-state index contributed by atoms with van der Waals surface area (Å²) in [5.41, 5.74) is -2.82. The van der Waals surface area contributed by atoms with Gasteiger partial charge in [0.1, 0.15) is 11.6 Å². The first-order valence-electron chi connectivity index (χ1n) is 6.21. The molecule has 0 radical (unpaired) electrons. The predicted molar refractivity (Wildman–Crippen MR) is 79.1 cm³/mol. The van der Waals surface area contributed by atoms with Crippen LogP contribution in [0.2, 0.25) is 0 Å². The quantitative estimate of drug-likeness (QED) is 0.746. The van der Waals surface area contributed by atoms with Crippen LogP contribution in [0.25, 0.3) is 11.0 Å². The van der Waals surface area contributed by atoms with Crippen LogP contribution < -0.4 is 4.74 Å². The van der Waals surface area contributed by atoms with Crippen molar-refractivity contribution < 1.29 is 17.9 Å². The second kappa shape index (κ2) is 6.36. The van der Waals surface area contributed by atoms with Crippen molar-refractivity contribution in [3.8, 4) is 5.75 Å². The molecular weight excluding hydrogens is 325 g/mol. The number of rotatable bonds is 5. The largest absolute Gasteiger partial charge is 0.497 e. The molecule has 0 spiro atoms. The molecule has 2 aromatic rings. The summed E-state index contributed by atoms with van der Waals surface area (Å²) in [6, 6.07) is 5.28. The Balaban J connectivity index is 2.35. The molecule has 0 aliphatic heterocycles. The molecule has 1 aromatic carbocycles. The zero-order chi connectivity index (χ0) is 15.6. The van der Waals surface area contributed by atoms with Crippen LogP contribution in [0.4, 0.5) is 13.2 Å². The van der Waals surface area contributed by atoms with Crippen molar-refractivity contribution in [1.82, 2.24) is 9.55 Å². The molecule has 1 aromatic heterocycles. The third-order valence-electron chi connectivity index (χ3n) is 2.92. The van der Waals surface area contributed by atoms with Crippen molar-refractivity contribution in [1.29, 1.82) is 0 Å². The molecule has 0 aliphatic carbocycles. The van der Waals surface area contributed by atoms with Crippen LogP contribution in [-0.4, -0.2) is 27.9 Å². The summed E-state index contributed by atoms with van der Waals surface area (Å²) in [4.78, 5) is 4.39. The monoisotopic (exact) mass is 338 g/mol. The van der Waals surface area contributed by atoms with Crippen LogP contribution in [0.1, 0.15) is 18.1 Å². The Hall–Kier alpha value is -1.08. The molecule has 3 nitrogen and oxygen atoms in total. The van der Waals surface area contributed by atoms with E-state index in [0.29, 0.717) is 17.1 Å². The summed E-state index contributed by atoms with van der Waals surface area (Å²) in [6.07, 6.45) is 0. The highest BCUT2D eigenvalue weighted by Crippen LogP contribution is 2.32. The summed E-state index contributed by atoms with van der Waals surface area (Å²) in [5.74, 6) is 1.09. The van der Waals surface area contributed by atoms with Gasteiger partial charge in [-0.25, -0.2) is 4.98 Å². The number of aromatic nitrogens is 2. The number of hydrogen-bond acceptors (Lipinski definition) is 3. The number of fused-ring (bicyclic) bond motifs is 1. The van der Waals surface area contributed by atoms with Gasteiger partial charge < -0.3 is 9.30 Å².